The van der Waals surface area contributed by atoms with E-state index >= 15 is 0 Å². The first-order valence-electron chi connectivity index (χ1n) is 9.77. The first-order chi connectivity index (χ1) is 14.3. The zero-order valence-corrected chi connectivity index (χ0v) is 18.3. The number of nitrogens with zero attached hydrogens (tertiary/aromatic N) is 3. The predicted molar refractivity (Wildman–Crippen MR) is 120 cm³/mol. The van der Waals surface area contributed by atoms with Gasteiger partial charge in [0.05, 0.1) is 29.3 Å². The van der Waals surface area contributed by atoms with E-state index < -0.39 is 4.75 Å². The Bertz CT molecular complexity index is 1130. The zero-order valence-electron chi connectivity index (χ0n) is 17.5. The van der Waals surface area contributed by atoms with Gasteiger partial charge in [-0.25, -0.2) is 0 Å². The van der Waals surface area contributed by atoms with Crippen LogP contribution in [-0.2, 0) is 16.1 Å². The SMILES string of the molecule is Cc1nn(Cc2ccccc2)c(C)c1NC(=O)C1(C)Sc2ccccc2N(C)C1=O. The van der Waals surface area contributed by atoms with Crippen molar-refractivity contribution in [3.63, 3.8) is 0 Å². The minimum absolute atomic E-state index is 0.240. The molecular weight excluding hydrogens is 396 g/mol. The summed E-state index contributed by atoms with van der Waals surface area (Å²) in [5.74, 6) is -0.583. The number of fused-ring (bicyclic) bond motifs is 1. The highest BCUT2D eigenvalue weighted by atomic mass is 32.2. The lowest BCUT2D eigenvalue weighted by Gasteiger charge is -2.36. The fourth-order valence-electron chi connectivity index (χ4n) is 3.68. The van der Waals surface area contributed by atoms with Crippen LogP contribution in [0.5, 0.6) is 0 Å². The van der Waals surface area contributed by atoms with Crippen LogP contribution < -0.4 is 10.2 Å². The molecule has 1 atom stereocenters. The Morgan fingerprint density at radius 1 is 1.10 bits per heavy atom. The summed E-state index contributed by atoms with van der Waals surface area (Å²) in [6.07, 6.45) is 0. The lowest BCUT2D eigenvalue weighted by atomic mass is 10.1. The van der Waals surface area contributed by atoms with E-state index in [-0.39, 0.29) is 11.8 Å². The van der Waals surface area contributed by atoms with Gasteiger partial charge in [-0.05, 0) is 38.5 Å². The van der Waals surface area contributed by atoms with Crippen LogP contribution in [0.2, 0.25) is 0 Å². The molecule has 0 spiro atoms. The van der Waals surface area contributed by atoms with E-state index in [9.17, 15) is 9.59 Å². The lowest BCUT2D eigenvalue weighted by molar-refractivity contribution is -0.128. The van der Waals surface area contributed by atoms with E-state index in [0.29, 0.717) is 12.2 Å². The number of carbonyl (C=O) groups is 2. The van der Waals surface area contributed by atoms with Gasteiger partial charge in [-0.2, -0.15) is 5.10 Å². The van der Waals surface area contributed by atoms with E-state index in [4.69, 9.17) is 0 Å². The van der Waals surface area contributed by atoms with E-state index in [1.54, 1.807) is 18.9 Å². The Labute approximate surface area is 180 Å². The number of aromatic nitrogens is 2. The van der Waals surface area contributed by atoms with E-state index in [1.807, 2.05) is 73.1 Å². The van der Waals surface area contributed by atoms with Crippen molar-refractivity contribution in [1.29, 1.82) is 0 Å². The van der Waals surface area contributed by atoms with Gasteiger partial charge < -0.3 is 10.2 Å². The Morgan fingerprint density at radius 3 is 2.50 bits per heavy atom. The molecule has 154 valence electrons. The first kappa shape index (κ1) is 20.2. The molecular formula is C23H24N4O2S. The number of hydrogen-bond donors (Lipinski definition) is 1. The third kappa shape index (κ3) is 3.39. The molecule has 0 aliphatic carbocycles. The summed E-state index contributed by atoms with van der Waals surface area (Å²) >= 11 is 1.29. The summed E-state index contributed by atoms with van der Waals surface area (Å²) in [6, 6.07) is 17.7. The highest BCUT2D eigenvalue weighted by molar-refractivity contribution is 8.02. The number of amides is 2. The Hall–Kier alpha value is -3.06. The number of hydrogen-bond acceptors (Lipinski definition) is 4. The predicted octanol–water partition coefficient (Wildman–Crippen LogP) is 4.01. The maximum atomic E-state index is 13.3. The molecule has 0 radical (unpaired) electrons. The zero-order chi connectivity index (χ0) is 21.5. The normalized spacial score (nSPS) is 18.3. The molecule has 4 rings (SSSR count). The van der Waals surface area contributed by atoms with Gasteiger partial charge in [-0.3, -0.25) is 14.3 Å². The molecule has 7 heteroatoms. The van der Waals surface area contributed by atoms with Crippen molar-refractivity contribution in [3.8, 4) is 0 Å². The van der Waals surface area contributed by atoms with Crippen molar-refractivity contribution in [2.45, 2.75) is 37.0 Å². The second-order valence-electron chi connectivity index (χ2n) is 7.61. The molecule has 1 unspecified atom stereocenters. The summed E-state index contributed by atoms with van der Waals surface area (Å²) < 4.78 is 0.614. The van der Waals surface area contributed by atoms with Crippen molar-refractivity contribution >= 4 is 35.0 Å². The largest absolute Gasteiger partial charge is 0.321 e. The topological polar surface area (TPSA) is 67.2 Å². The molecule has 0 saturated heterocycles. The molecule has 2 heterocycles. The van der Waals surface area contributed by atoms with Gasteiger partial charge in [0, 0.05) is 11.9 Å². The van der Waals surface area contributed by atoms with Crippen LogP contribution in [0, 0.1) is 13.8 Å². The summed E-state index contributed by atoms with van der Waals surface area (Å²) in [6.45, 7) is 6.09. The van der Waals surface area contributed by atoms with E-state index in [2.05, 4.69) is 10.4 Å². The molecule has 0 fully saturated rings. The molecule has 0 bridgehead atoms. The Balaban J connectivity index is 1.60. The van der Waals surface area contributed by atoms with Crippen LogP contribution in [0.15, 0.2) is 59.5 Å². The third-order valence-corrected chi connectivity index (χ3v) is 6.82. The van der Waals surface area contributed by atoms with Crippen molar-refractivity contribution in [3.05, 3.63) is 71.5 Å². The quantitative estimate of drug-likeness (QED) is 0.648. The van der Waals surface area contributed by atoms with Crippen molar-refractivity contribution in [2.75, 3.05) is 17.3 Å². The lowest BCUT2D eigenvalue weighted by Crippen LogP contribution is -2.53. The number of nitrogens with one attached hydrogen (secondary N) is 1. The molecule has 1 N–H and O–H groups in total. The van der Waals surface area contributed by atoms with Gasteiger partial charge in [0.2, 0.25) is 5.91 Å². The number of benzene rings is 2. The van der Waals surface area contributed by atoms with Gasteiger partial charge in [-0.1, -0.05) is 54.2 Å². The molecule has 3 aromatic rings. The highest BCUT2D eigenvalue weighted by Gasteiger charge is 2.48. The molecule has 2 amide bonds. The van der Waals surface area contributed by atoms with Gasteiger partial charge in [0.15, 0.2) is 4.75 Å². The first-order valence-corrected chi connectivity index (χ1v) is 10.6. The minimum Gasteiger partial charge on any atom is -0.321 e. The van der Waals surface area contributed by atoms with Crippen molar-refractivity contribution in [2.24, 2.45) is 0 Å². The van der Waals surface area contributed by atoms with Crippen LogP contribution in [0.4, 0.5) is 11.4 Å². The monoisotopic (exact) mass is 420 g/mol. The molecule has 30 heavy (non-hydrogen) atoms. The molecule has 1 aliphatic heterocycles. The summed E-state index contributed by atoms with van der Waals surface area (Å²) in [4.78, 5) is 28.9. The van der Waals surface area contributed by atoms with Crippen molar-refractivity contribution < 1.29 is 9.59 Å². The smallest absolute Gasteiger partial charge is 0.252 e. The maximum Gasteiger partial charge on any atom is 0.252 e. The van der Waals surface area contributed by atoms with Gasteiger partial charge in [0.25, 0.3) is 5.91 Å². The second kappa shape index (κ2) is 7.65. The third-order valence-electron chi connectivity index (χ3n) is 5.48. The van der Waals surface area contributed by atoms with Crippen LogP contribution >= 0.6 is 11.8 Å². The van der Waals surface area contributed by atoms with E-state index in [1.165, 1.54) is 11.8 Å². The summed E-state index contributed by atoms with van der Waals surface area (Å²) in [7, 11) is 1.71. The van der Waals surface area contributed by atoms with E-state index in [0.717, 1.165) is 27.5 Å². The molecule has 6 nitrogen and oxygen atoms in total. The number of rotatable bonds is 4. The number of anilines is 2. The van der Waals surface area contributed by atoms with Crippen LogP contribution in [0.3, 0.4) is 0 Å². The Kier molecular flexibility index (Phi) is 5.15. The van der Waals surface area contributed by atoms with Gasteiger partial charge >= 0.3 is 0 Å². The highest BCUT2D eigenvalue weighted by Crippen LogP contribution is 2.45. The van der Waals surface area contributed by atoms with Crippen molar-refractivity contribution in [1.82, 2.24) is 9.78 Å². The molecule has 2 aromatic carbocycles. The van der Waals surface area contributed by atoms with Crippen LogP contribution in [-0.4, -0.2) is 33.4 Å². The summed E-state index contributed by atoms with van der Waals surface area (Å²) in [5, 5.41) is 7.58. The summed E-state index contributed by atoms with van der Waals surface area (Å²) in [5.41, 5.74) is 4.19. The number of thioether (sulfide) groups is 1. The average Bonchev–Trinajstić information content (AvgIpc) is 3.00. The Morgan fingerprint density at radius 2 is 1.77 bits per heavy atom. The second-order valence-corrected chi connectivity index (χ2v) is 9.07. The fraction of sp³-hybridized carbons (Fsp3) is 0.261. The minimum atomic E-state index is -1.26. The van der Waals surface area contributed by atoms with Crippen LogP contribution in [0.25, 0.3) is 0 Å². The maximum absolute atomic E-state index is 13.3. The van der Waals surface area contributed by atoms with Gasteiger partial charge in [-0.15, -0.1) is 0 Å². The number of aryl methyl sites for hydroxylation is 1. The number of para-hydroxylation sites is 1. The molecule has 0 saturated carbocycles. The number of carbonyl (C=O) groups excluding carboxylic acids is 2. The van der Waals surface area contributed by atoms with Crippen LogP contribution in [0.1, 0.15) is 23.9 Å². The average molecular weight is 421 g/mol. The molecule has 1 aliphatic rings. The standard InChI is InChI=1S/C23H24N4O2S/c1-15-20(16(2)27(25-15)14-17-10-6-5-7-11-17)24-21(28)23(3)22(29)26(4)18-12-8-9-13-19(18)30-23/h5-13H,14H2,1-4H3,(H,24,28). The fourth-order valence-corrected chi connectivity index (χ4v) is 4.94. The molecule has 1 aromatic heterocycles. The van der Waals surface area contributed by atoms with Gasteiger partial charge in [0.1, 0.15) is 0 Å².